The van der Waals surface area contributed by atoms with Crippen LogP contribution in [0.25, 0.3) is 0 Å². The lowest BCUT2D eigenvalue weighted by Gasteiger charge is -2.24. The molecule has 2 N–H and O–H groups in total. The predicted molar refractivity (Wildman–Crippen MR) is 57.8 cm³/mol. The molecular weight excluding hydrogens is 290 g/mol. The highest BCUT2D eigenvalue weighted by molar-refractivity contribution is 5.74. The van der Waals surface area contributed by atoms with Crippen molar-refractivity contribution >= 4 is 6.03 Å². The van der Waals surface area contributed by atoms with Gasteiger partial charge in [0.1, 0.15) is 0 Å². The van der Waals surface area contributed by atoms with E-state index in [2.05, 4.69) is 0 Å². The average Bonchev–Trinajstić information content (AvgIpc) is 2.33. The molecule has 0 heterocycles. The van der Waals surface area contributed by atoms with Crippen LogP contribution < -0.4 is 10.6 Å². The second-order valence-corrected chi connectivity index (χ2v) is 3.78. The Balaban J connectivity index is 3.32. The van der Waals surface area contributed by atoms with Gasteiger partial charge in [0, 0.05) is 7.05 Å². The Hall–Kier alpha value is -1.93. The molecule has 0 aromatic heterocycles. The summed E-state index contributed by atoms with van der Waals surface area (Å²) in [5.74, 6) is 0. The van der Waals surface area contributed by atoms with Crippen LogP contribution in [0.2, 0.25) is 0 Å². The van der Waals surface area contributed by atoms with Crippen molar-refractivity contribution in [2.24, 2.45) is 0 Å². The molecule has 1 aromatic carbocycles. The van der Waals surface area contributed by atoms with Crippen LogP contribution in [0.4, 0.5) is 31.1 Å². The van der Waals surface area contributed by atoms with Crippen molar-refractivity contribution in [3.8, 4) is 0 Å². The molecule has 1 rings (SSSR count). The fourth-order valence-corrected chi connectivity index (χ4v) is 1.55. The molecule has 3 nitrogen and oxygen atoms in total. The Bertz CT molecular complexity index is 483. The zero-order valence-corrected chi connectivity index (χ0v) is 10.1. The molecule has 1 atom stereocenters. The number of benzene rings is 1. The van der Waals surface area contributed by atoms with Crippen molar-refractivity contribution in [3.63, 3.8) is 0 Å². The van der Waals surface area contributed by atoms with Gasteiger partial charge in [-0.2, -0.15) is 26.3 Å². The number of amides is 2. The molecule has 1 aromatic rings. The first kappa shape index (κ1) is 16.1. The quantitative estimate of drug-likeness (QED) is 0.809. The van der Waals surface area contributed by atoms with Crippen LogP contribution in [0, 0.1) is 0 Å². The van der Waals surface area contributed by atoms with Crippen LogP contribution in [-0.4, -0.2) is 19.3 Å². The highest BCUT2D eigenvalue weighted by Crippen LogP contribution is 2.40. The van der Waals surface area contributed by atoms with E-state index in [4.69, 9.17) is 0 Å². The first-order chi connectivity index (χ1) is 9.07. The maximum Gasteiger partial charge on any atom is 0.416 e. The second kappa shape index (κ2) is 5.59. The summed E-state index contributed by atoms with van der Waals surface area (Å²) in [5, 5.41) is 3.32. The van der Waals surface area contributed by atoms with Crippen LogP contribution in [0.3, 0.4) is 0 Å². The number of carbonyl (C=O) groups is 1. The molecule has 0 saturated carbocycles. The van der Waals surface area contributed by atoms with E-state index in [0.717, 1.165) is 19.2 Å². The molecule has 0 bridgehead atoms. The van der Waals surface area contributed by atoms with Gasteiger partial charge in [-0.25, -0.2) is 4.79 Å². The van der Waals surface area contributed by atoms with E-state index in [1.807, 2.05) is 5.32 Å². The minimum atomic E-state index is -5.06. The minimum absolute atomic E-state index is 0.527. The number of alkyl halides is 6. The van der Waals surface area contributed by atoms with Gasteiger partial charge in [0.05, 0.1) is 5.56 Å². The van der Waals surface area contributed by atoms with Gasteiger partial charge in [0.2, 0.25) is 0 Å². The van der Waals surface area contributed by atoms with Gasteiger partial charge in [-0.15, -0.1) is 0 Å². The summed E-state index contributed by atoms with van der Waals surface area (Å²) in [6.07, 6.45) is -10.0. The Morgan fingerprint density at radius 1 is 1.10 bits per heavy atom. The number of nitrogens with one attached hydrogen (secondary N) is 2. The summed E-state index contributed by atoms with van der Waals surface area (Å²) in [6.45, 7) is 0. The van der Waals surface area contributed by atoms with Crippen molar-refractivity contribution in [2.75, 3.05) is 7.05 Å². The number of halogens is 6. The summed E-state index contributed by atoms with van der Waals surface area (Å²) in [5.41, 5.74) is -2.50. The molecule has 0 saturated heterocycles. The lowest BCUT2D eigenvalue weighted by Crippen LogP contribution is -2.43. The van der Waals surface area contributed by atoms with Gasteiger partial charge in [-0.3, -0.25) is 0 Å². The highest BCUT2D eigenvalue weighted by Gasteiger charge is 2.46. The van der Waals surface area contributed by atoms with Gasteiger partial charge in [-0.1, -0.05) is 18.2 Å². The highest BCUT2D eigenvalue weighted by atomic mass is 19.4. The number of hydrogen-bond acceptors (Lipinski definition) is 1. The van der Waals surface area contributed by atoms with E-state index in [0.29, 0.717) is 12.1 Å². The molecule has 0 aliphatic carbocycles. The number of rotatable bonds is 2. The molecule has 112 valence electrons. The van der Waals surface area contributed by atoms with E-state index in [1.165, 1.54) is 5.32 Å². The van der Waals surface area contributed by atoms with Gasteiger partial charge in [0.15, 0.2) is 6.04 Å². The maximum absolute atomic E-state index is 12.9. The molecule has 20 heavy (non-hydrogen) atoms. The third-order valence-corrected chi connectivity index (χ3v) is 2.41. The van der Waals surface area contributed by atoms with E-state index in [9.17, 15) is 31.1 Å². The van der Waals surface area contributed by atoms with Crippen molar-refractivity contribution in [3.05, 3.63) is 35.4 Å². The molecule has 0 fully saturated rings. The largest absolute Gasteiger partial charge is 0.416 e. The molecule has 9 heteroatoms. The zero-order valence-electron chi connectivity index (χ0n) is 10.1. The fourth-order valence-electron chi connectivity index (χ4n) is 1.55. The predicted octanol–water partition coefficient (Wildman–Crippen LogP) is 3.24. The SMILES string of the molecule is CNC(=O)N[C@H](c1ccccc1C(F)(F)F)C(F)(F)F. The smallest absolute Gasteiger partial charge is 0.341 e. The van der Waals surface area contributed by atoms with E-state index in [-0.39, 0.29) is 0 Å². The summed E-state index contributed by atoms with van der Waals surface area (Å²) in [6, 6.07) is -0.769. The zero-order chi connectivity index (χ0) is 15.6. The van der Waals surface area contributed by atoms with Crippen LogP contribution >= 0.6 is 0 Å². The molecule has 0 aliphatic rings. The maximum atomic E-state index is 12.9. The molecule has 2 amide bonds. The van der Waals surface area contributed by atoms with E-state index >= 15 is 0 Å². The van der Waals surface area contributed by atoms with Crippen LogP contribution in [-0.2, 0) is 6.18 Å². The third-order valence-electron chi connectivity index (χ3n) is 2.41. The Labute approximate surface area is 110 Å². The summed E-state index contributed by atoms with van der Waals surface area (Å²) < 4.78 is 76.7. The number of carbonyl (C=O) groups excluding carboxylic acids is 1. The molecule has 0 spiro atoms. The standard InChI is InChI=1S/C11H10F6N2O/c1-18-9(20)19-8(11(15,16)17)6-4-2-3-5-7(6)10(12,13)14/h2-5,8H,1H3,(H2,18,19,20)/t8-/m1/s1. The summed E-state index contributed by atoms with van der Waals surface area (Å²) in [4.78, 5) is 11.0. The molecular formula is C11H10F6N2O. The van der Waals surface area contributed by atoms with Gasteiger partial charge < -0.3 is 10.6 Å². The Morgan fingerprint density at radius 2 is 1.65 bits per heavy atom. The average molecular weight is 300 g/mol. The third kappa shape index (κ3) is 3.78. The van der Waals surface area contributed by atoms with Crippen molar-refractivity contribution in [2.45, 2.75) is 18.4 Å². The first-order valence-electron chi connectivity index (χ1n) is 5.28. The second-order valence-electron chi connectivity index (χ2n) is 3.78. The normalized spacial score (nSPS) is 13.8. The molecule has 0 radical (unpaired) electrons. The minimum Gasteiger partial charge on any atom is -0.341 e. The van der Waals surface area contributed by atoms with Gasteiger partial charge >= 0.3 is 18.4 Å². The van der Waals surface area contributed by atoms with Crippen LogP contribution in [0.1, 0.15) is 17.2 Å². The molecule has 0 aliphatic heterocycles. The lowest BCUT2D eigenvalue weighted by molar-refractivity contribution is -0.160. The van der Waals surface area contributed by atoms with Crippen molar-refractivity contribution in [1.29, 1.82) is 0 Å². The van der Waals surface area contributed by atoms with Gasteiger partial charge in [-0.05, 0) is 11.6 Å². The topological polar surface area (TPSA) is 41.1 Å². The number of urea groups is 1. The Kier molecular flexibility index (Phi) is 4.51. The van der Waals surface area contributed by atoms with Crippen molar-refractivity contribution in [1.82, 2.24) is 10.6 Å². The van der Waals surface area contributed by atoms with E-state index < -0.39 is 35.6 Å². The first-order valence-corrected chi connectivity index (χ1v) is 5.28. The number of hydrogen-bond donors (Lipinski definition) is 2. The van der Waals surface area contributed by atoms with Crippen LogP contribution in [0.5, 0.6) is 0 Å². The Morgan fingerprint density at radius 3 is 2.10 bits per heavy atom. The monoisotopic (exact) mass is 300 g/mol. The summed E-state index contributed by atoms with van der Waals surface area (Å²) >= 11 is 0. The van der Waals surface area contributed by atoms with Gasteiger partial charge in [0.25, 0.3) is 0 Å². The molecule has 0 unspecified atom stereocenters. The van der Waals surface area contributed by atoms with Crippen LogP contribution in [0.15, 0.2) is 24.3 Å². The van der Waals surface area contributed by atoms with E-state index in [1.54, 1.807) is 0 Å². The summed E-state index contributed by atoms with van der Waals surface area (Å²) in [7, 11) is 1.05. The van der Waals surface area contributed by atoms with Crippen molar-refractivity contribution < 1.29 is 31.1 Å². The lowest BCUT2D eigenvalue weighted by atomic mass is 9.99. The fraction of sp³-hybridized carbons (Fsp3) is 0.364.